The van der Waals surface area contributed by atoms with E-state index in [2.05, 4.69) is 4.90 Å². The van der Waals surface area contributed by atoms with Crippen molar-refractivity contribution in [3.63, 3.8) is 0 Å². The minimum atomic E-state index is 0.263. The zero-order chi connectivity index (χ0) is 13.0. The molecule has 0 unspecified atom stereocenters. The first-order valence-corrected chi connectivity index (χ1v) is 6.18. The lowest BCUT2D eigenvalue weighted by Gasteiger charge is -2.22. The van der Waals surface area contributed by atoms with E-state index in [-0.39, 0.29) is 6.10 Å². The zero-order valence-corrected chi connectivity index (χ0v) is 11.7. The summed E-state index contributed by atoms with van der Waals surface area (Å²) in [6.07, 6.45) is 0.263. The minimum absolute atomic E-state index is 0.263. The SMILES string of the molecule is Cc1cc(N)c(Cl)cc1N(C)CCOC(C)C. The lowest BCUT2D eigenvalue weighted by Crippen LogP contribution is -2.24. The highest BCUT2D eigenvalue weighted by Crippen LogP contribution is 2.28. The number of anilines is 2. The van der Waals surface area contributed by atoms with Crippen LogP contribution in [0.4, 0.5) is 11.4 Å². The second-order valence-corrected chi connectivity index (χ2v) is 4.91. The van der Waals surface area contributed by atoms with Gasteiger partial charge >= 0.3 is 0 Å². The normalized spacial score (nSPS) is 10.9. The fourth-order valence-electron chi connectivity index (χ4n) is 1.65. The lowest BCUT2D eigenvalue weighted by atomic mass is 10.1. The molecule has 0 spiro atoms. The molecule has 0 aliphatic heterocycles. The Morgan fingerprint density at radius 2 is 2.06 bits per heavy atom. The minimum Gasteiger partial charge on any atom is -0.398 e. The van der Waals surface area contributed by atoms with Crippen molar-refractivity contribution in [1.29, 1.82) is 0 Å². The molecule has 17 heavy (non-hydrogen) atoms. The van der Waals surface area contributed by atoms with E-state index in [1.165, 1.54) is 0 Å². The Bertz CT molecular complexity index is 380. The summed E-state index contributed by atoms with van der Waals surface area (Å²) >= 11 is 6.03. The standard InChI is InChI=1S/C13H21ClN2O/c1-9(2)17-6-5-16(4)13-8-11(14)12(15)7-10(13)3/h7-9H,5-6,15H2,1-4H3. The van der Waals surface area contributed by atoms with Crippen LogP contribution in [0.15, 0.2) is 12.1 Å². The quantitative estimate of drug-likeness (QED) is 0.823. The summed E-state index contributed by atoms with van der Waals surface area (Å²) < 4.78 is 5.53. The summed E-state index contributed by atoms with van der Waals surface area (Å²) in [5.41, 5.74) is 8.60. The van der Waals surface area contributed by atoms with Gasteiger partial charge in [0.15, 0.2) is 0 Å². The van der Waals surface area contributed by atoms with Gasteiger partial charge in [-0.2, -0.15) is 0 Å². The zero-order valence-electron chi connectivity index (χ0n) is 11.0. The highest BCUT2D eigenvalue weighted by molar-refractivity contribution is 6.33. The first-order valence-electron chi connectivity index (χ1n) is 5.80. The van der Waals surface area contributed by atoms with E-state index in [0.29, 0.717) is 17.3 Å². The molecule has 0 aromatic heterocycles. The first kappa shape index (κ1) is 14.1. The van der Waals surface area contributed by atoms with Crippen molar-refractivity contribution in [1.82, 2.24) is 0 Å². The second kappa shape index (κ2) is 6.12. The number of hydrogen-bond acceptors (Lipinski definition) is 3. The van der Waals surface area contributed by atoms with Crippen molar-refractivity contribution < 1.29 is 4.74 Å². The highest BCUT2D eigenvalue weighted by atomic mass is 35.5. The summed E-state index contributed by atoms with van der Waals surface area (Å²) in [6, 6.07) is 3.80. The maximum atomic E-state index is 6.03. The van der Waals surface area contributed by atoms with Gasteiger partial charge in [0.2, 0.25) is 0 Å². The van der Waals surface area contributed by atoms with Crippen molar-refractivity contribution in [3.8, 4) is 0 Å². The summed E-state index contributed by atoms with van der Waals surface area (Å²) in [5, 5.41) is 0.599. The van der Waals surface area contributed by atoms with Gasteiger partial charge in [-0.15, -0.1) is 0 Å². The van der Waals surface area contributed by atoms with Gasteiger partial charge in [0.05, 0.1) is 23.4 Å². The van der Waals surface area contributed by atoms with Gasteiger partial charge in [0.1, 0.15) is 0 Å². The monoisotopic (exact) mass is 256 g/mol. The van der Waals surface area contributed by atoms with Crippen LogP contribution in [0.5, 0.6) is 0 Å². The van der Waals surface area contributed by atoms with Gasteiger partial charge < -0.3 is 15.4 Å². The molecule has 0 aliphatic carbocycles. The van der Waals surface area contributed by atoms with Crippen LogP contribution in [0.1, 0.15) is 19.4 Å². The molecule has 1 aromatic rings. The second-order valence-electron chi connectivity index (χ2n) is 4.50. The number of ether oxygens (including phenoxy) is 1. The summed E-state index contributed by atoms with van der Waals surface area (Å²) in [4.78, 5) is 2.13. The van der Waals surface area contributed by atoms with Gasteiger partial charge in [-0.05, 0) is 38.5 Å². The predicted octanol–water partition coefficient (Wildman–Crippen LogP) is 3.09. The Morgan fingerprint density at radius 1 is 1.41 bits per heavy atom. The smallest absolute Gasteiger partial charge is 0.0656 e. The number of benzene rings is 1. The fraction of sp³-hybridized carbons (Fsp3) is 0.538. The molecule has 1 aromatic carbocycles. The van der Waals surface area contributed by atoms with Crippen molar-refractivity contribution in [2.24, 2.45) is 0 Å². The number of halogens is 1. The molecule has 2 N–H and O–H groups in total. The third-order valence-electron chi connectivity index (χ3n) is 2.60. The Morgan fingerprint density at radius 3 is 2.65 bits per heavy atom. The Balaban J connectivity index is 2.68. The predicted molar refractivity (Wildman–Crippen MR) is 75.0 cm³/mol. The lowest BCUT2D eigenvalue weighted by molar-refractivity contribution is 0.0846. The molecule has 3 nitrogen and oxygen atoms in total. The van der Waals surface area contributed by atoms with E-state index in [0.717, 1.165) is 17.8 Å². The number of nitrogens with zero attached hydrogens (tertiary/aromatic N) is 1. The van der Waals surface area contributed by atoms with E-state index < -0.39 is 0 Å². The van der Waals surface area contributed by atoms with Crippen LogP contribution in [0, 0.1) is 6.92 Å². The number of likely N-dealkylation sites (N-methyl/N-ethyl adjacent to an activating group) is 1. The average Bonchev–Trinajstić information content (AvgIpc) is 2.22. The molecule has 0 saturated carbocycles. The van der Waals surface area contributed by atoms with Crippen LogP contribution < -0.4 is 10.6 Å². The molecule has 0 bridgehead atoms. The van der Waals surface area contributed by atoms with Crippen LogP contribution in [-0.4, -0.2) is 26.3 Å². The summed E-state index contributed by atoms with van der Waals surface area (Å²) in [5.74, 6) is 0. The highest BCUT2D eigenvalue weighted by Gasteiger charge is 2.08. The van der Waals surface area contributed by atoms with Crippen LogP contribution in [0.25, 0.3) is 0 Å². The molecule has 0 aliphatic rings. The van der Waals surface area contributed by atoms with Crippen molar-refractivity contribution in [2.75, 3.05) is 30.8 Å². The third kappa shape index (κ3) is 4.10. The van der Waals surface area contributed by atoms with Crippen LogP contribution in [0.2, 0.25) is 5.02 Å². The van der Waals surface area contributed by atoms with Crippen molar-refractivity contribution in [2.45, 2.75) is 26.9 Å². The van der Waals surface area contributed by atoms with Gasteiger partial charge in [0.25, 0.3) is 0 Å². The molecule has 4 heteroatoms. The Kier molecular flexibility index (Phi) is 5.09. The van der Waals surface area contributed by atoms with Crippen molar-refractivity contribution >= 4 is 23.0 Å². The maximum Gasteiger partial charge on any atom is 0.0656 e. The summed E-state index contributed by atoms with van der Waals surface area (Å²) in [6.45, 7) is 7.63. The van der Waals surface area contributed by atoms with Crippen molar-refractivity contribution in [3.05, 3.63) is 22.7 Å². The molecule has 0 fully saturated rings. The number of rotatable bonds is 5. The molecule has 0 saturated heterocycles. The first-order chi connectivity index (χ1) is 7.91. The van der Waals surface area contributed by atoms with E-state index >= 15 is 0 Å². The van der Waals surface area contributed by atoms with Crippen LogP contribution >= 0.6 is 11.6 Å². The largest absolute Gasteiger partial charge is 0.398 e. The molecule has 0 amide bonds. The summed E-state index contributed by atoms with van der Waals surface area (Å²) in [7, 11) is 2.03. The van der Waals surface area contributed by atoms with Crippen LogP contribution in [-0.2, 0) is 4.74 Å². The number of aryl methyl sites for hydroxylation is 1. The number of nitrogen functional groups attached to an aromatic ring is 1. The van der Waals surface area contributed by atoms with E-state index in [4.69, 9.17) is 22.1 Å². The van der Waals surface area contributed by atoms with E-state index in [9.17, 15) is 0 Å². The van der Waals surface area contributed by atoms with E-state index in [1.807, 2.05) is 40.0 Å². The molecule has 0 radical (unpaired) electrons. The van der Waals surface area contributed by atoms with Gasteiger partial charge in [-0.3, -0.25) is 0 Å². The number of nitrogens with two attached hydrogens (primary N) is 1. The van der Waals surface area contributed by atoms with E-state index in [1.54, 1.807) is 0 Å². The molecule has 0 heterocycles. The average molecular weight is 257 g/mol. The van der Waals surface area contributed by atoms with Gasteiger partial charge in [-0.25, -0.2) is 0 Å². The number of hydrogen-bond donors (Lipinski definition) is 1. The third-order valence-corrected chi connectivity index (χ3v) is 2.93. The fourth-order valence-corrected chi connectivity index (χ4v) is 1.81. The molecular weight excluding hydrogens is 236 g/mol. The Labute approximate surface area is 109 Å². The molecule has 0 atom stereocenters. The topological polar surface area (TPSA) is 38.5 Å². The van der Waals surface area contributed by atoms with Gasteiger partial charge in [0, 0.05) is 19.3 Å². The Hall–Kier alpha value is -0.930. The molecule has 96 valence electrons. The maximum absolute atomic E-state index is 6.03. The van der Waals surface area contributed by atoms with Crippen LogP contribution in [0.3, 0.4) is 0 Å². The van der Waals surface area contributed by atoms with Gasteiger partial charge in [-0.1, -0.05) is 11.6 Å². The molecule has 1 rings (SSSR count). The molecular formula is C13H21ClN2O.